The van der Waals surface area contributed by atoms with Gasteiger partial charge < -0.3 is 5.43 Å². The van der Waals surface area contributed by atoms with Gasteiger partial charge in [-0.05, 0) is 12.0 Å². The molecule has 1 unspecified atom stereocenters. The number of hydrazine groups is 1. The number of fused-ring (bicyclic) bond motifs is 1. The van der Waals surface area contributed by atoms with Crippen molar-refractivity contribution in [1.29, 1.82) is 0 Å². The summed E-state index contributed by atoms with van der Waals surface area (Å²) in [6, 6.07) is 3.48. The molecule has 0 saturated carbocycles. The summed E-state index contributed by atoms with van der Waals surface area (Å²) in [6.45, 7) is 4.50. The highest BCUT2D eigenvalue weighted by molar-refractivity contribution is 7.89. The molecule has 100 valence electrons. The number of pyridine rings is 1. The maximum Gasteiger partial charge on any atom is 0.233 e. The van der Waals surface area contributed by atoms with E-state index in [0.717, 1.165) is 6.42 Å². The first-order chi connectivity index (χ1) is 8.54. The van der Waals surface area contributed by atoms with E-state index >= 15 is 0 Å². The molecule has 18 heavy (non-hydrogen) atoms. The lowest BCUT2D eigenvalue weighted by molar-refractivity contribution is 0.518. The van der Waals surface area contributed by atoms with Crippen LogP contribution in [-0.4, -0.2) is 19.9 Å². The fraction of sp³-hybridized carbons (Fsp3) is 0.545. The second-order valence-electron chi connectivity index (χ2n) is 4.50. The predicted octanol–water partition coefficient (Wildman–Crippen LogP) is 0.976. The average molecular weight is 270 g/mol. The van der Waals surface area contributed by atoms with Crippen molar-refractivity contribution in [2.45, 2.75) is 25.6 Å². The zero-order valence-corrected chi connectivity index (χ0v) is 11.3. The van der Waals surface area contributed by atoms with E-state index in [-0.39, 0.29) is 0 Å². The van der Waals surface area contributed by atoms with Crippen LogP contribution in [0.3, 0.4) is 0 Å². The molecule has 1 aliphatic heterocycles. The Kier molecular flexibility index (Phi) is 3.84. The van der Waals surface area contributed by atoms with Crippen LogP contribution in [-0.2, 0) is 10.0 Å². The molecule has 0 amide bonds. The first-order valence-electron chi connectivity index (χ1n) is 5.99. The molecule has 2 atom stereocenters. The van der Waals surface area contributed by atoms with Crippen LogP contribution in [0.25, 0.3) is 0 Å². The van der Waals surface area contributed by atoms with Crippen LogP contribution in [0, 0.1) is 5.92 Å². The van der Waals surface area contributed by atoms with Gasteiger partial charge in [-0.15, -0.1) is 0 Å². The van der Waals surface area contributed by atoms with E-state index in [0.29, 0.717) is 23.8 Å². The zero-order valence-electron chi connectivity index (χ0n) is 10.5. The van der Waals surface area contributed by atoms with Crippen molar-refractivity contribution < 1.29 is 8.42 Å². The predicted molar refractivity (Wildman–Crippen MR) is 70.1 cm³/mol. The summed E-state index contributed by atoms with van der Waals surface area (Å²) in [5.41, 5.74) is 6.17. The molecule has 1 aliphatic rings. The summed E-state index contributed by atoms with van der Waals surface area (Å²) in [5.74, 6) is 0.888. The van der Waals surface area contributed by atoms with Gasteiger partial charge in [-0.3, -0.25) is 0 Å². The van der Waals surface area contributed by atoms with Gasteiger partial charge in [-0.25, -0.2) is 23.5 Å². The number of hydrogen-bond acceptors (Lipinski definition) is 5. The van der Waals surface area contributed by atoms with Crippen LogP contribution in [0.1, 0.15) is 31.2 Å². The van der Waals surface area contributed by atoms with E-state index in [2.05, 4.69) is 20.6 Å². The molecule has 1 aromatic heterocycles. The van der Waals surface area contributed by atoms with Crippen LogP contribution in [0.15, 0.2) is 18.3 Å². The molecule has 0 fully saturated rings. The van der Waals surface area contributed by atoms with Crippen molar-refractivity contribution in [1.82, 2.24) is 15.1 Å². The summed E-state index contributed by atoms with van der Waals surface area (Å²) in [6.07, 6.45) is 2.56. The van der Waals surface area contributed by atoms with Gasteiger partial charge in [0, 0.05) is 18.3 Å². The molecule has 7 heteroatoms. The topological polar surface area (TPSA) is 83.1 Å². The molecule has 3 N–H and O–H groups in total. The lowest BCUT2D eigenvalue weighted by Gasteiger charge is -2.15. The number of sulfonamides is 1. The highest BCUT2D eigenvalue weighted by Crippen LogP contribution is 2.29. The van der Waals surface area contributed by atoms with E-state index in [9.17, 15) is 8.42 Å². The van der Waals surface area contributed by atoms with Crippen molar-refractivity contribution in [3.63, 3.8) is 0 Å². The van der Waals surface area contributed by atoms with Crippen molar-refractivity contribution in [2.75, 3.05) is 12.0 Å². The summed E-state index contributed by atoms with van der Waals surface area (Å²) in [4.78, 5) is 4.07. The molecule has 6 nitrogen and oxygen atoms in total. The number of hydrogen-bond donors (Lipinski definition) is 3. The van der Waals surface area contributed by atoms with Gasteiger partial charge >= 0.3 is 0 Å². The Hall–Kier alpha value is -1.18. The standard InChI is InChI=1S/C11H18N4O2S/c1-3-8(2)7-13-18(16,17)11-9-5-4-6-12-10(9)14-15-11/h4-6,8,11,13,15H,3,7H2,1-2H3,(H,12,14)/t8-,11?/m0/s1. The maximum atomic E-state index is 12.2. The quantitative estimate of drug-likeness (QED) is 0.743. The Morgan fingerprint density at radius 1 is 1.56 bits per heavy atom. The fourth-order valence-electron chi connectivity index (χ4n) is 1.68. The third-order valence-electron chi connectivity index (χ3n) is 3.08. The number of anilines is 1. The molecule has 0 aromatic carbocycles. The molecule has 0 saturated heterocycles. The Morgan fingerprint density at radius 2 is 2.33 bits per heavy atom. The fourth-order valence-corrected chi connectivity index (χ4v) is 3.10. The first kappa shape index (κ1) is 13.3. The van der Waals surface area contributed by atoms with Crippen LogP contribution in [0.2, 0.25) is 0 Å². The monoisotopic (exact) mass is 270 g/mol. The zero-order chi connectivity index (χ0) is 13.2. The average Bonchev–Trinajstić information content (AvgIpc) is 2.80. The SMILES string of the molecule is CC[C@H](C)CNS(=O)(=O)C1NNc2ncccc21. The Labute approximate surface area is 107 Å². The molecule has 1 aromatic rings. The summed E-state index contributed by atoms with van der Waals surface area (Å²) < 4.78 is 27.0. The van der Waals surface area contributed by atoms with Gasteiger partial charge in [0.2, 0.25) is 10.0 Å². The highest BCUT2D eigenvalue weighted by atomic mass is 32.2. The second-order valence-corrected chi connectivity index (χ2v) is 6.35. The van der Waals surface area contributed by atoms with Crippen LogP contribution < -0.4 is 15.6 Å². The van der Waals surface area contributed by atoms with E-state index in [1.54, 1.807) is 18.3 Å². The molecule has 0 aliphatic carbocycles. The molecule has 0 spiro atoms. The van der Waals surface area contributed by atoms with E-state index in [4.69, 9.17) is 0 Å². The molecule has 2 heterocycles. The van der Waals surface area contributed by atoms with Crippen molar-refractivity contribution in [2.24, 2.45) is 5.92 Å². The summed E-state index contributed by atoms with van der Waals surface area (Å²) in [7, 11) is -3.44. The van der Waals surface area contributed by atoms with Gasteiger partial charge in [0.25, 0.3) is 0 Å². The Bertz CT molecular complexity index is 518. The minimum Gasteiger partial charge on any atom is -0.304 e. The summed E-state index contributed by atoms with van der Waals surface area (Å²) >= 11 is 0. The molecular formula is C11H18N4O2S. The van der Waals surface area contributed by atoms with E-state index in [1.165, 1.54) is 0 Å². The first-order valence-corrected chi connectivity index (χ1v) is 7.54. The Balaban J connectivity index is 2.13. The molecule has 0 bridgehead atoms. The highest BCUT2D eigenvalue weighted by Gasteiger charge is 2.33. The smallest absolute Gasteiger partial charge is 0.233 e. The van der Waals surface area contributed by atoms with Crippen molar-refractivity contribution in [3.8, 4) is 0 Å². The molecule has 0 radical (unpaired) electrons. The second kappa shape index (κ2) is 5.21. The number of aromatic nitrogens is 1. The number of nitrogens with one attached hydrogen (secondary N) is 3. The third-order valence-corrected chi connectivity index (χ3v) is 4.64. The molecular weight excluding hydrogens is 252 g/mol. The van der Waals surface area contributed by atoms with Gasteiger partial charge in [0.15, 0.2) is 5.37 Å². The van der Waals surface area contributed by atoms with Gasteiger partial charge in [-0.1, -0.05) is 26.3 Å². The maximum absolute atomic E-state index is 12.2. The lowest BCUT2D eigenvalue weighted by atomic mass is 10.1. The normalized spacial score (nSPS) is 20.2. The van der Waals surface area contributed by atoms with Crippen molar-refractivity contribution in [3.05, 3.63) is 23.9 Å². The van der Waals surface area contributed by atoms with Crippen LogP contribution >= 0.6 is 0 Å². The third kappa shape index (κ3) is 2.63. The van der Waals surface area contributed by atoms with Crippen molar-refractivity contribution >= 4 is 15.8 Å². The number of rotatable bonds is 5. The van der Waals surface area contributed by atoms with E-state index < -0.39 is 15.4 Å². The van der Waals surface area contributed by atoms with Crippen LogP contribution in [0.5, 0.6) is 0 Å². The van der Waals surface area contributed by atoms with Crippen LogP contribution in [0.4, 0.5) is 5.82 Å². The Morgan fingerprint density at radius 3 is 3.06 bits per heavy atom. The summed E-state index contributed by atoms with van der Waals surface area (Å²) in [5, 5.41) is -0.787. The van der Waals surface area contributed by atoms with Gasteiger partial charge in [0.05, 0.1) is 0 Å². The minimum atomic E-state index is -3.44. The van der Waals surface area contributed by atoms with E-state index in [1.807, 2.05) is 13.8 Å². The largest absolute Gasteiger partial charge is 0.304 e. The van der Waals surface area contributed by atoms with Gasteiger partial charge in [-0.2, -0.15) is 0 Å². The number of nitrogens with zero attached hydrogens (tertiary/aromatic N) is 1. The lowest BCUT2D eigenvalue weighted by Crippen LogP contribution is -2.37. The minimum absolute atomic E-state index is 0.322. The van der Waals surface area contributed by atoms with Gasteiger partial charge in [0.1, 0.15) is 5.82 Å². The molecule has 2 rings (SSSR count).